The molecule has 0 aromatic carbocycles. The maximum absolute atomic E-state index is 12.6. The van der Waals surface area contributed by atoms with Crippen LogP contribution in [0.2, 0.25) is 0 Å². The van der Waals surface area contributed by atoms with Gasteiger partial charge in [0.2, 0.25) is 0 Å². The Morgan fingerprint density at radius 1 is 0.375 bits per heavy atom. The zero-order valence-corrected chi connectivity index (χ0v) is 38.2. The third kappa shape index (κ3) is 45.3. The molecule has 0 aliphatic rings. The lowest BCUT2D eigenvalue weighted by atomic mass is 10.0. The first-order valence-electron chi connectivity index (χ1n) is 25.2. The van der Waals surface area contributed by atoms with Crippen LogP contribution in [0.3, 0.4) is 0 Å². The number of hydrogen-bond donors (Lipinski definition) is 0. The van der Waals surface area contributed by atoms with Gasteiger partial charge in [0.1, 0.15) is 6.61 Å². The Labute approximate surface area is 350 Å². The maximum Gasteiger partial charge on any atom is 0.306 e. The third-order valence-electron chi connectivity index (χ3n) is 11.3. The van der Waals surface area contributed by atoms with E-state index in [0.717, 1.165) is 44.9 Å². The molecule has 0 rings (SSSR count). The fourth-order valence-electron chi connectivity index (χ4n) is 7.51. The highest BCUT2D eigenvalue weighted by Gasteiger charge is 2.17. The first-order valence-corrected chi connectivity index (χ1v) is 25.2. The fourth-order valence-corrected chi connectivity index (χ4v) is 7.51. The summed E-state index contributed by atoms with van der Waals surface area (Å²) in [6.45, 7) is 7.82. The first kappa shape index (κ1) is 54.6. The molecule has 0 spiro atoms. The van der Waals surface area contributed by atoms with E-state index in [9.17, 15) is 9.59 Å². The molecule has 5 heteroatoms. The van der Waals surface area contributed by atoms with Gasteiger partial charge in [-0.05, 0) is 44.9 Å². The summed E-state index contributed by atoms with van der Waals surface area (Å²) in [4.78, 5) is 25.2. The van der Waals surface area contributed by atoms with Crippen molar-refractivity contribution >= 4 is 11.9 Å². The number of carbonyl (C=O) groups excluding carboxylic acids is 2. The summed E-state index contributed by atoms with van der Waals surface area (Å²) in [5.74, 6) is -0.397. The van der Waals surface area contributed by atoms with Crippen molar-refractivity contribution in [1.29, 1.82) is 0 Å². The molecule has 0 aromatic heterocycles. The smallest absolute Gasteiger partial charge is 0.306 e. The Hall–Kier alpha value is -1.36. The van der Waals surface area contributed by atoms with Gasteiger partial charge >= 0.3 is 11.9 Å². The molecule has 0 aromatic rings. The molecule has 0 saturated carbocycles. The lowest BCUT2D eigenvalue weighted by Crippen LogP contribution is -2.30. The van der Waals surface area contributed by atoms with Gasteiger partial charge in [0.25, 0.3) is 0 Å². The zero-order valence-electron chi connectivity index (χ0n) is 38.2. The van der Waals surface area contributed by atoms with E-state index in [4.69, 9.17) is 14.2 Å². The summed E-state index contributed by atoms with van der Waals surface area (Å²) in [5.41, 5.74) is 0. The van der Waals surface area contributed by atoms with Crippen LogP contribution in [0.4, 0.5) is 0 Å². The molecule has 0 radical (unpaired) electrons. The van der Waals surface area contributed by atoms with Crippen molar-refractivity contribution in [3.05, 3.63) is 12.2 Å². The molecule has 1 unspecified atom stereocenters. The Morgan fingerprint density at radius 2 is 0.696 bits per heavy atom. The van der Waals surface area contributed by atoms with Crippen LogP contribution in [0, 0.1) is 0 Å². The van der Waals surface area contributed by atoms with Crippen molar-refractivity contribution in [2.75, 3.05) is 19.8 Å². The van der Waals surface area contributed by atoms with Gasteiger partial charge in [-0.2, -0.15) is 0 Å². The molecule has 1 atom stereocenters. The van der Waals surface area contributed by atoms with E-state index in [1.807, 2.05) is 0 Å². The van der Waals surface area contributed by atoms with Crippen molar-refractivity contribution in [3.63, 3.8) is 0 Å². The third-order valence-corrected chi connectivity index (χ3v) is 11.3. The first-order chi connectivity index (χ1) is 27.6. The second kappa shape index (κ2) is 48.0. The number of unbranched alkanes of at least 4 members (excludes halogenated alkanes) is 34. The number of hydrogen-bond acceptors (Lipinski definition) is 5. The number of esters is 2. The Bertz CT molecular complexity index is 810. The Morgan fingerprint density at radius 3 is 1.11 bits per heavy atom. The van der Waals surface area contributed by atoms with E-state index in [2.05, 4.69) is 32.9 Å². The van der Waals surface area contributed by atoms with Crippen LogP contribution in [0.25, 0.3) is 0 Å². The largest absolute Gasteiger partial charge is 0.462 e. The van der Waals surface area contributed by atoms with Crippen LogP contribution in [-0.4, -0.2) is 37.9 Å². The number of ether oxygens (including phenoxy) is 3. The van der Waals surface area contributed by atoms with Gasteiger partial charge in [0.15, 0.2) is 6.10 Å². The predicted octanol–water partition coefficient (Wildman–Crippen LogP) is 16.7. The summed E-state index contributed by atoms with van der Waals surface area (Å²) in [6, 6.07) is 0. The molecule has 332 valence electrons. The Kier molecular flexibility index (Phi) is 46.8. The van der Waals surface area contributed by atoms with Crippen LogP contribution in [0.15, 0.2) is 12.2 Å². The van der Waals surface area contributed by atoms with Gasteiger partial charge in [-0.1, -0.05) is 232 Å². The van der Waals surface area contributed by atoms with Crippen LogP contribution in [-0.2, 0) is 23.8 Å². The van der Waals surface area contributed by atoms with Crippen molar-refractivity contribution in [2.45, 2.75) is 284 Å². The molecule has 0 fully saturated rings. The summed E-state index contributed by atoms with van der Waals surface area (Å²) < 4.78 is 17.3. The SMILES string of the molecule is CCCCCC/C=C\CCCCCCCC(=O)OCC(COCCCCCCCCCCCCCCCCCCCCCC)OC(=O)CCCCCCCCC. The number of rotatable bonds is 47. The fraction of sp³-hybridized carbons (Fsp3) is 0.922. The van der Waals surface area contributed by atoms with E-state index < -0.39 is 6.10 Å². The van der Waals surface area contributed by atoms with Gasteiger partial charge in [0, 0.05) is 19.4 Å². The van der Waals surface area contributed by atoms with Gasteiger partial charge < -0.3 is 14.2 Å². The van der Waals surface area contributed by atoms with Crippen LogP contribution in [0.1, 0.15) is 278 Å². The second-order valence-corrected chi connectivity index (χ2v) is 17.1. The molecule has 5 nitrogen and oxygen atoms in total. The predicted molar refractivity (Wildman–Crippen MR) is 242 cm³/mol. The van der Waals surface area contributed by atoms with E-state index >= 15 is 0 Å². The maximum atomic E-state index is 12.6. The summed E-state index contributed by atoms with van der Waals surface area (Å²) in [7, 11) is 0. The average molecular weight is 791 g/mol. The van der Waals surface area contributed by atoms with Gasteiger partial charge in [0.05, 0.1) is 6.61 Å². The molecule has 0 heterocycles. The average Bonchev–Trinajstić information content (AvgIpc) is 3.20. The molecule has 0 bridgehead atoms. The summed E-state index contributed by atoms with van der Waals surface area (Å²) >= 11 is 0. The molecular formula is C51H98O5. The standard InChI is InChI=1S/C51H98O5/c1-4-7-10-13-16-18-20-22-23-24-25-26-27-28-30-32-34-37-40-43-46-54-47-49(56-51(53)45-42-39-35-15-12-9-6-3)48-55-50(52)44-41-38-36-33-31-29-21-19-17-14-11-8-5-2/h19,21,49H,4-18,20,22-48H2,1-3H3/b21-19-. The lowest BCUT2D eigenvalue weighted by molar-refractivity contribution is -0.163. The highest BCUT2D eigenvalue weighted by Crippen LogP contribution is 2.16. The van der Waals surface area contributed by atoms with Crippen LogP contribution < -0.4 is 0 Å². The normalized spacial score (nSPS) is 12.1. The van der Waals surface area contributed by atoms with Gasteiger partial charge in [-0.25, -0.2) is 0 Å². The van der Waals surface area contributed by atoms with Gasteiger partial charge in [-0.15, -0.1) is 0 Å². The molecule has 0 N–H and O–H groups in total. The highest BCUT2D eigenvalue weighted by molar-refractivity contribution is 5.70. The molecule has 56 heavy (non-hydrogen) atoms. The summed E-state index contributed by atoms with van der Waals surface area (Å²) in [5, 5.41) is 0. The van der Waals surface area contributed by atoms with Crippen molar-refractivity contribution in [1.82, 2.24) is 0 Å². The quantitative estimate of drug-likeness (QED) is 0.0349. The number of allylic oxidation sites excluding steroid dienone is 2. The Balaban J connectivity index is 4.03. The van der Waals surface area contributed by atoms with Gasteiger partial charge in [-0.3, -0.25) is 9.59 Å². The minimum Gasteiger partial charge on any atom is -0.462 e. The number of carbonyl (C=O) groups is 2. The molecule has 0 aliphatic heterocycles. The monoisotopic (exact) mass is 791 g/mol. The highest BCUT2D eigenvalue weighted by atomic mass is 16.6. The van der Waals surface area contributed by atoms with Crippen LogP contribution in [0.5, 0.6) is 0 Å². The van der Waals surface area contributed by atoms with Crippen molar-refractivity contribution in [2.24, 2.45) is 0 Å². The van der Waals surface area contributed by atoms with E-state index in [1.165, 1.54) is 199 Å². The van der Waals surface area contributed by atoms with Crippen molar-refractivity contribution in [3.8, 4) is 0 Å². The van der Waals surface area contributed by atoms with Crippen LogP contribution >= 0.6 is 0 Å². The minimum atomic E-state index is -0.527. The second-order valence-electron chi connectivity index (χ2n) is 17.1. The molecule has 0 aliphatic carbocycles. The minimum absolute atomic E-state index is 0.0889. The summed E-state index contributed by atoms with van der Waals surface area (Å²) in [6.07, 6.45) is 53.8. The topological polar surface area (TPSA) is 61.8 Å². The zero-order chi connectivity index (χ0) is 40.7. The van der Waals surface area contributed by atoms with E-state index in [0.29, 0.717) is 26.1 Å². The lowest BCUT2D eigenvalue weighted by Gasteiger charge is -2.18. The van der Waals surface area contributed by atoms with E-state index in [-0.39, 0.29) is 18.5 Å². The molecule has 0 amide bonds. The molecular weight excluding hydrogens is 693 g/mol. The molecule has 0 saturated heterocycles. The van der Waals surface area contributed by atoms with Crippen molar-refractivity contribution < 1.29 is 23.8 Å². The van der Waals surface area contributed by atoms with E-state index in [1.54, 1.807) is 0 Å².